The van der Waals surface area contributed by atoms with Gasteiger partial charge < -0.3 is 16.0 Å². The molecule has 118 valence electrons. The van der Waals surface area contributed by atoms with E-state index in [-0.39, 0.29) is 29.9 Å². The van der Waals surface area contributed by atoms with Gasteiger partial charge in [0, 0.05) is 32.4 Å². The van der Waals surface area contributed by atoms with Crippen molar-refractivity contribution in [3.63, 3.8) is 0 Å². The van der Waals surface area contributed by atoms with Crippen molar-refractivity contribution in [1.29, 1.82) is 0 Å². The van der Waals surface area contributed by atoms with Crippen molar-refractivity contribution in [1.82, 2.24) is 20.6 Å². The Balaban J connectivity index is 0.00000220. The first-order valence-corrected chi connectivity index (χ1v) is 6.22. The average molecular weight is 416 g/mol. The molecule has 1 aliphatic rings. The molecule has 0 aliphatic carbocycles. The molecule has 10 heteroatoms. The zero-order valence-corrected chi connectivity index (χ0v) is 13.4. The van der Waals surface area contributed by atoms with Gasteiger partial charge in [-0.3, -0.25) is 4.99 Å². The Morgan fingerprint density at radius 2 is 2.00 bits per heavy atom. The summed E-state index contributed by atoms with van der Waals surface area (Å²) in [6, 6.07) is 0.837. The van der Waals surface area contributed by atoms with Crippen LogP contribution in [-0.2, 0) is 6.18 Å². The number of hydrogen-bond acceptors (Lipinski definition) is 6. The number of rotatable bonds is 4. The monoisotopic (exact) mass is 416 g/mol. The third kappa shape index (κ3) is 5.89. The van der Waals surface area contributed by atoms with Crippen molar-refractivity contribution in [3.8, 4) is 0 Å². The number of hydrogen-bond donors (Lipinski definition) is 3. The Labute approximate surface area is 137 Å². The van der Waals surface area contributed by atoms with Crippen LogP contribution in [0.4, 0.5) is 19.1 Å². The highest BCUT2D eigenvalue weighted by Gasteiger charge is 2.32. The summed E-state index contributed by atoms with van der Waals surface area (Å²) in [5.74, 6) is 0.670. The summed E-state index contributed by atoms with van der Waals surface area (Å²) >= 11 is 0. The highest BCUT2D eigenvalue weighted by atomic mass is 127. The third-order valence-electron chi connectivity index (χ3n) is 2.54. The number of alkyl halides is 3. The van der Waals surface area contributed by atoms with Crippen LogP contribution in [-0.4, -0.2) is 42.1 Å². The van der Waals surface area contributed by atoms with E-state index in [1.54, 1.807) is 0 Å². The fourth-order valence-corrected chi connectivity index (χ4v) is 1.61. The molecule has 2 rings (SSSR count). The van der Waals surface area contributed by atoms with E-state index in [0.29, 0.717) is 19.0 Å². The summed E-state index contributed by atoms with van der Waals surface area (Å²) in [6.07, 6.45) is -2.38. The van der Waals surface area contributed by atoms with Crippen LogP contribution in [0.3, 0.4) is 0 Å². The van der Waals surface area contributed by atoms with Gasteiger partial charge in [0.25, 0.3) is 0 Å². The van der Waals surface area contributed by atoms with Gasteiger partial charge in [-0.05, 0) is 12.5 Å². The lowest BCUT2D eigenvalue weighted by molar-refractivity contribution is -0.141. The molecular weight excluding hydrogens is 400 g/mol. The van der Waals surface area contributed by atoms with Crippen molar-refractivity contribution in [2.75, 3.05) is 31.5 Å². The molecule has 3 N–H and O–H groups in total. The van der Waals surface area contributed by atoms with E-state index in [0.717, 1.165) is 31.8 Å². The summed E-state index contributed by atoms with van der Waals surface area (Å²) in [7, 11) is 0. The van der Waals surface area contributed by atoms with Gasteiger partial charge in [0.05, 0.1) is 0 Å². The topological polar surface area (TPSA) is 74.2 Å². The van der Waals surface area contributed by atoms with Gasteiger partial charge in [0.1, 0.15) is 5.69 Å². The molecular formula is C11H16F3IN6. The van der Waals surface area contributed by atoms with Crippen LogP contribution in [0, 0.1) is 0 Å². The van der Waals surface area contributed by atoms with Crippen LogP contribution in [0.25, 0.3) is 0 Å². The Morgan fingerprint density at radius 1 is 1.24 bits per heavy atom. The maximum atomic E-state index is 12.4. The Bertz CT molecular complexity index is 479. The third-order valence-corrected chi connectivity index (χ3v) is 2.54. The molecule has 1 aliphatic heterocycles. The Morgan fingerprint density at radius 3 is 2.67 bits per heavy atom. The van der Waals surface area contributed by atoms with E-state index >= 15 is 0 Å². The van der Waals surface area contributed by atoms with Crippen molar-refractivity contribution < 1.29 is 13.2 Å². The quantitative estimate of drug-likeness (QED) is 0.512. The van der Waals surface area contributed by atoms with Crippen LogP contribution in [0.2, 0.25) is 0 Å². The highest BCUT2D eigenvalue weighted by molar-refractivity contribution is 14.0. The first-order chi connectivity index (χ1) is 9.55. The molecule has 0 unspecified atom stereocenters. The summed E-state index contributed by atoms with van der Waals surface area (Å²) in [5, 5.41) is 8.84. The lowest BCUT2D eigenvalue weighted by Gasteiger charge is -2.16. The largest absolute Gasteiger partial charge is 0.433 e. The van der Waals surface area contributed by atoms with Gasteiger partial charge in [-0.2, -0.15) is 13.2 Å². The summed E-state index contributed by atoms with van der Waals surface area (Å²) in [5.41, 5.74) is -0.957. The SMILES string of the molecule is FC(F)(F)c1ccnc(NCCNC2=NCCCN2)n1.I. The molecule has 0 fully saturated rings. The normalized spacial score (nSPS) is 14.5. The van der Waals surface area contributed by atoms with Crippen LogP contribution in [0.15, 0.2) is 17.3 Å². The van der Waals surface area contributed by atoms with Gasteiger partial charge in [-0.15, -0.1) is 24.0 Å². The van der Waals surface area contributed by atoms with Crippen LogP contribution < -0.4 is 16.0 Å². The highest BCUT2D eigenvalue weighted by Crippen LogP contribution is 2.27. The second-order valence-corrected chi connectivity index (χ2v) is 4.13. The number of guanidine groups is 1. The molecule has 0 amide bonds. The maximum Gasteiger partial charge on any atom is 0.433 e. The van der Waals surface area contributed by atoms with Gasteiger partial charge in [0.15, 0.2) is 5.96 Å². The number of nitrogens with zero attached hydrogens (tertiary/aromatic N) is 3. The molecule has 0 spiro atoms. The van der Waals surface area contributed by atoms with E-state index in [9.17, 15) is 13.2 Å². The molecule has 21 heavy (non-hydrogen) atoms. The Kier molecular flexibility index (Phi) is 6.92. The second-order valence-electron chi connectivity index (χ2n) is 4.13. The van der Waals surface area contributed by atoms with E-state index in [4.69, 9.17) is 0 Å². The standard InChI is InChI=1S/C11H15F3N6.HI/c12-11(13,14)8-2-5-17-10(20-8)19-7-6-18-9-15-3-1-4-16-9;/h2,5H,1,3-4,6-7H2,(H2,15,16,18)(H,17,19,20);1H. The predicted octanol–water partition coefficient (Wildman–Crippen LogP) is 1.46. The Hall–Kier alpha value is -1.33. The first kappa shape index (κ1) is 17.7. The molecule has 1 aromatic rings. The molecule has 0 atom stereocenters. The fraction of sp³-hybridized carbons (Fsp3) is 0.545. The number of nitrogens with one attached hydrogen (secondary N) is 3. The van der Waals surface area contributed by atoms with Gasteiger partial charge in [-0.25, -0.2) is 9.97 Å². The minimum atomic E-state index is -4.46. The summed E-state index contributed by atoms with van der Waals surface area (Å²) in [6.45, 7) is 2.54. The smallest absolute Gasteiger partial charge is 0.356 e. The first-order valence-electron chi connectivity index (χ1n) is 6.22. The number of aliphatic imine (C=N–C) groups is 1. The average Bonchev–Trinajstić information content (AvgIpc) is 2.44. The molecule has 0 radical (unpaired) electrons. The van der Waals surface area contributed by atoms with E-state index < -0.39 is 11.9 Å². The van der Waals surface area contributed by atoms with Crippen molar-refractivity contribution >= 4 is 35.9 Å². The molecule has 0 bridgehead atoms. The summed E-state index contributed by atoms with van der Waals surface area (Å²) < 4.78 is 37.3. The number of anilines is 1. The lowest BCUT2D eigenvalue weighted by Crippen LogP contribution is -2.42. The zero-order chi connectivity index (χ0) is 14.4. The van der Waals surface area contributed by atoms with E-state index in [1.807, 2.05) is 0 Å². The number of halogens is 4. The van der Waals surface area contributed by atoms with Gasteiger partial charge in [-0.1, -0.05) is 0 Å². The van der Waals surface area contributed by atoms with Gasteiger partial charge in [0.2, 0.25) is 5.95 Å². The van der Waals surface area contributed by atoms with Crippen LogP contribution in [0.1, 0.15) is 12.1 Å². The predicted molar refractivity (Wildman–Crippen MR) is 83.9 cm³/mol. The maximum absolute atomic E-state index is 12.4. The molecule has 2 heterocycles. The molecule has 0 aromatic carbocycles. The lowest BCUT2D eigenvalue weighted by atomic mass is 10.4. The van der Waals surface area contributed by atoms with Crippen LogP contribution >= 0.6 is 24.0 Å². The van der Waals surface area contributed by atoms with E-state index in [1.165, 1.54) is 0 Å². The van der Waals surface area contributed by atoms with E-state index in [2.05, 4.69) is 30.9 Å². The number of aromatic nitrogens is 2. The minimum Gasteiger partial charge on any atom is -0.356 e. The zero-order valence-electron chi connectivity index (χ0n) is 11.1. The fourth-order valence-electron chi connectivity index (χ4n) is 1.61. The van der Waals surface area contributed by atoms with Crippen molar-refractivity contribution in [2.24, 2.45) is 4.99 Å². The molecule has 0 saturated carbocycles. The van der Waals surface area contributed by atoms with Crippen molar-refractivity contribution in [2.45, 2.75) is 12.6 Å². The summed E-state index contributed by atoms with van der Waals surface area (Å²) in [4.78, 5) is 11.4. The molecule has 1 aromatic heterocycles. The van der Waals surface area contributed by atoms with Crippen molar-refractivity contribution in [3.05, 3.63) is 18.0 Å². The minimum absolute atomic E-state index is 0. The van der Waals surface area contributed by atoms with Crippen LogP contribution in [0.5, 0.6) is 0 Å². The molecule has 6 nitrogen and oxygen atoms in total. The van der Waals surface area contributed by atoms with Gasteiger partial charge >= 0.3 is 6.18 Å². The second kappa shape index (κ2) is 8.20. The molecule has 0 saturated heterocycles.